The summed E-state index contributed by atoms with van der Waals surface area (Å²) in [6.45, 7) is 4.41. The van der Waals surface area contributed by atoms with E-state index in [1.165, 1.54) is 6.92 Å². The molecule has 0 bridgehead atoms. The second-order valence-electron chi connectivity index (χ2n) is 6.37. The van der Waals surface area contributed by atoms with Gasteiger partial charge < -0.3 is 24.4 Å². The Bertz CT molecular complexity index is 773. The summed E-state index contributed by atoms with van der Waals surface area (Å²) in [4.78, 5) is 26.3. The normalized spacial score (nSPS) is 14.8. The van der Waals surface area contributed by atoms with Gasteiger partial charge in [-0.3, -0.25) is 4.79 Å². The van der Waals surface area contributed by atoms with Crippen molar-refractivity contribution >= 4 is 23.3 Å². The van der Waals surface area contributed by atoms with Crippen molar-refractivity contribution in [1.82, 2.24) is 0 Å². The first kappa shape index (κ1) is 19.7. The van der Waals surface area contributed by atoms with Gasteiger partial charge in [-0.25, -0.2) is 4.79 Å². The molecule has 1 fully saturated rings. The Morgan fingerprint density at radius 3 is 2.43 bits per heavy atom. The molecule has 2 aromatic rings. The van der Waals surface area contributed by atoms with Gasteiger partial charge in [0.25, 0.3) is 5.91 Å². The van der Waals surface area contributed by atoms with E-state index in [9.17, 15) is 9.59 Å². The minimum absolute atomic E-state index is 0.254. The highest BCUT2D eigenvalue weighted by Crippen LogP contribution is 2.19. The van der Waals surface area contributed by atoms with Crippen LogP contribution in [0, 0.1) is 0 Å². The molecule has 1 saturated heterocycles. The Morgan fingerprint density at radius 2 is 1.75 bits per heavy atom. The average molecular weight is 384 g/mol. The zero-order valence-corrected chi connectivity index (χ0v) is 15.8. The maximum atomic E-state index is 12.3. The fourth-order valence-electron chi connectivity index (χ4n) is 2.76. The summed E-state index contributed by atoms with van der Waals surface area (Å²) in [7, 11) is 0. The molecule has 1 atom stereocenters. The van der Waals surface area contributed by atoms with Crippen LogP contribution < -0.4 is 15.0 Å². The number of nitrogens with zero attached hydrogens (tertiary/aromatic N) is 1. The smallest absolute Gasteiger partial charge is 0.344 e. The van der Waals surface area contributed by atoms with Crippen LogP contribution in [-0.2, 0) is 19.1 Å². The molecule has 7 heteroatoms. The minimum atomic E-state index is -0.925. The molecule has 2 aromatic carbocycles. The molecule has 7 nitrogen and oxygen atoms in total. The Kier molecular flexibility index (Phi) is 6.86. The first-order valence-corrected chi connectivity index (χ1v) is 9.23. The zero-order chi connectivity index (χ0) is 19.8. The van der Waals surface area contributed by atoms with Gasteiger partial charge in [-0.05, 0) is 43.3 Å². The summed E-state index contributed by atoms with van der Waals surface area (Å²) in [6.07, 6.45) is -0.925. The van der Waals surface area contributed by atoms with Crippen molar-refractivity contribution in [3.63, 3.8) is 0 Å². The van der Waals surface area contributed by atoms with Gasteiger partial charge in [0.15, 0.2) is 12.7 Å². The quantitative estimate of drug-likeness (QED) is 0.739. The number of anilines is 2. The molecule has 3 rings (SSSR count). The predicted octanol–water partition coefficient (Wildman–Crippen LogP) is 2.47. The molecule has 148 valence electrons. The Labute approximate surface area is 164 Å². The highest BCUT2D eigenvalue weighted by molar-refractivity contribution is 5.95. The Morgan fingerprint density at radius 1 is 1.07 bits per heavy atom. The van der Waals surface area contributed by atoms with Crippen molar-refractivity contribution in [2.75, 3.05) is 43.1 Å². The fourth-order valence-corrected chi connectivity index (χ4v) is 2.76. The molecule has 0 saturated carbocycles. The van der Waals surface area contributed by atoms with Crippen molar-refractivity contribution in [1.29, 1.82) is 0 Å². The van der Waals surface area contributed by atoms with E-state index >= 15 is 0 Å². The van der Waals surface area contributed by atoms with E-state index in [1.54, 1.807) is 24.3 Å². The van der Waals surface area contributed by atoms with Crippen LogP contribution in [0.4, 0.5) is 11.4 Å². The molecule has 0 aromatic heterocycles. The highest BCUT2D eigenvalue weighted by Gasteiger charge is 2.18. The number of nitrogens with one attached hydrogen (secondary N) is 1. The van der Waals surface area contributed by atoms with Crippen molar-refractivity contribution in [3.05, 3.63) is 54.6 Å². The van der Waals surface area contributed by atoms with E-state index in [4.69, 9.17) is 14.2 Å². The summed E-state index contributed by atoms with van der Waals surface area (Å²) in [5, 5.41) is 2.75. The predicted molar refractivity (Wildman–Crippen MR) is 106 cm³/mol. The van der Waals surface area contributed by atoms with E-state index in [0.29, 0.717) is 11.4 Å². The number of hydrogen-bond acceptors (Lipinski definition) is 6. The molecule has 28 heavy (non-hydrogen) atoms. The maximum absolute atomic E-state index is 12.3. The third kappa shape index (κ3) is 5.72. The first-order chi connectivity index (χ1) is 13.6. The van der Waals surface area contributed by atoms with Gasteiger partial charge >= 0.3 is 5.97 Å². The van der Waals surface area contributed by atoms with Crippen LogP contribution in [-0.4, -0.2) is 50.9 Å². The molecule has 0 spiro atoms. The topological polar surface area (TPSA) is 77.1 Å². The summed E-state index contributed by atoms with van der Waals surface area (Å²) in [5.41, 5.74) is 1.73. The molecule has 1 amide bonds. The van der Waals surface area contributed by atoms with E-state index in [1.807, 2.05) is 30.3 Å². The lowest BCUT2D eigenvalue weighted by atomic mass is 10.2. The van der Waals surface area contributed by atoms with Crippen LogP contribution in [0.5, 0.6) is 5.75 Å². The van der Waals surface area contributed by atoms with E-state index in [0.717, 1.165) is 32.0 Å². The van der Waals surface area contributed by atoms with Gasteiger partial charge in [-0.1, -0.05) is 18.2 Å². The molecule has 1 aliphatic rings. The SMILES string of the molecule is C[C@H](OC(=O)COc1ccccc1)C(=O)Nc1ccc(N2CCOCC2)cc1. The monoisotopic (exact) mass is 384 g/mol. The lowest BCUT2D eigenvalue weighted by molar-refractivity contribution is -0.155. The molecule has 1 aliphatic heterocycles. The van der Waals surface area contributed by atoms with Gasteiger partial charge in [-0.2, -0.15) is 0 Å². The Balaban J connectivity index is 1.44. The summed E-state index contributed by atoms with van der Waals surface area (Å²) in [6, 6.07) is 16.5. The van der Waals surface area contributed by atoms with Gasteiger partial charge in [0.2, 0.25) is 0 Å². The lowest BCUT2D eigenvalue weighted by Gasteiger charge is -2.28. The number of para-hydroxylation sites is 1. The largest absolute Gasteiger partial charge is 0.482 e. The van der Waals surface area contributed by atoms with Crippen molar-refractivity contribution in [2.24, 2.45) is 0 Å². The van der Waals surface area contributed by atoms with Crippen LogP contribution in [0.1, 0.15) is 6.92 Å². The number of ether oxygens (including phenoxy) is 3. The molecular weight excluding hydrogens is 360 g/mol. The van der Waals surface area contributed by atoms with Gasteiger partial charge in [0.05, 0.1) is 13.2 Å². The molecule has 0 radical (unpaired) electrons. The van der Waals surface area contributed by atoms with Gasteiger partial charge in [-0.15, -0.1) is 0 Å². The van der Waals surface area contributed by atoms with Crippen molar-refractivity contribution in [2.45, 2.75) is 13.0 Å². The maximum Gasteiger partial charge on any atom is 0.344 e. The van der Waals surface area contributed by atoms with Crippen LogP contribution in [0.3, 0.4) is 0 Å². The summed E-state index contributed by atoms with van der Waals surface area (Å²) < 4.78 is 15.8. The van der Waals surface area contributed by atoms with E-state index in [2.05, 4.69) is 10.2 Å². The number of carbonyl (C=O) groups excluding carboxylic acids is 2. The standard InChI is InChI=1S/C21H24N2O5/c1-16(28-20(24)15-27-19-5-3-2-4-6-19)21(25)22-17-7-9-18(10-8-17)23-11-13-26-14-12-23/h2-10,16H,11-15H2,1H3,(H,22,25)/t16-/m0/s1. The number of benzene rings is 2. The van der Waals surface area contributed by atoms with Crippen LogP contribution in [0.15, 0.2) is 54.6 Å². The summed E-state index contributed by atoms with van der Waals surface area (Å²) >= 11 is 0. The number of morpholine rings is 1. The molecule has 1 N–H and O–H groups in total. The zero-order valence-electron chi connectivity index (χ0n) is 15.8. The molecule has 0 aliphatic carbocycles. The van der Waals surface area contributed by atoms with Gasteiger partial charge in [0, 0.05) is 24.5 Å². The number of esters is 1. The number of carbonyl (C=O) groups is 2. The van der Waals surface area contributed by atoms with Crippen LogP contribution >= 0.6 is 0 Å². The number of hydrogen-bond donors (Lipinski definition) is 1. The number of rotatable bonds is 7. The lowest BCUT2D eigenvalue weighted by Crippen LogP contribution is -2.36. The van der Waals surface area contributed by atoms with Crippen molar-refractivity contribution < 1.29 is 23.8 Å². The molecule has 1 heterocycles. The molecule has 0 unspecified atom stereocenters. The number of amides is 1. The second-order valence-corrected chi connectivity index (χ2v) is 6.37. The second kappa shape index (κ2) is 9.75. The van der Waals surface area contributed by atoms with E-state index in [-0.39, 0.29) is 6.61 Å². The van der Waals surface area contributed by atoms with Crippen LogP contribution in [0.2, 0.25) is 0 Å². The van der Waals surface area contributed by atoms with Crippen molar-refractivity contribution in [3.8, 4) is 5.75 Å². The first-order valence-electron chi connectivity index (χ1n) is 9.23. The fraction of sp³-hybridized carbons (Fsp3) is 0.333. The summed E-state index contributed by atoms with van der Waals surface area (Å²) in [5.74, 6) is -0.432. The van der Waals surface area contributed by atoms with E-state index < -0.39 is 18.0 Å². The minimum Gasteiger partial charge on any atom is -0.482 e. The average Bonchev–Trinajstić information content (AvgIpc) is 2.74. The van der Waals surface area contributed by atoms with Crippen LogP contribution in [0.25, 0.3) is 0 Å². The highest BCUT2D eigenvalue weighted by atomic mass is 16.6. The van der Waals surface area contributed by atoms with Gasteiger partial charge in [0.1, 0.15) is 5.75 Å². The third-order valence-electron chi connectivity index (χ3n) is 4.29. The Hall–Kier alpha value is -3.06. The molecular formula is C21H24N2O5. The third-order valence-corrected chi connectivity index (χ3v) is 4.29.